The lowest BCUT2D eigenvalue weighted by Crippen LogP contribution is -2.60. The Kier molecular flexibility index (Phi) is 3.45. The molecular formula is C11H13FN2O6. The number of alkyl halides is 1. The van der Waals surface area contributed by atoms with Crippen LogP contribution in [0.2, 0.25) is 0 Å². The van der Waals surface area contributed by atoms with E-state index in [4.69, 9.17) is 16.3 Å². The Morgan fingerprint density at radius 1 is 1.60 bits per heavy atom. The molecule has 2 aliphatic rings. The second kappa shape index (κ2) is 4.69. The first-order valence-electron chi connectivity index (χ1n) is 5.58. The van der Waals surface area contributed by atoms with Crippen LogP contribution in [0.1, 0.15) is 0 Å². The first-order chi connectivity index (χ1) is 9.28. The van der Waals surface area contributed by atoms with E-state index >= 15 is 0 Å². The average Bonchev–Trinajstić information content (AvgIpc) is 2.62. The molecular weight excluding hydrogens is 275 g/mol. The quantitative estimate of drug-likeness (QED) is 0.342. The smallest absolute Gasteiger partial charge is 0.264 e. The van der Waals surface area contributed by atoms with E-state index in [0.29, 0.717) is 0 Å². The third-order valence-corrected chi connectivity index (χ3v) is 3.18. The molecule has 5 N–H and O–H groups in total. The van der Waals surface area contributed by atoms with Crippen LogP contribution in [0, 0.1) is 12.3 Å². The summed E-state index contributed by atoms with van der Waals surface area (Å²) in [5.41, 5.74) is -2.54. The van der Waals surface area contributed by atoms with Gasteiger partial charge in [0, 0.05) is 12.3 Å². The Hall–Kier alpha value is -1.70. The van der Waals surface area contributed by atoms with Gasteiger partial charge in [0.2, 0.25) is 17.9 Å². The highest BCUT2D eigenvalue weighted by Gasteiger charge is 2.66. The average molecular weight is 288 g/mol. The number of carbonyl (C=O) groups is 1. The predicted octanol–water partition coefficient (Wildman–Crippen LogP) is -3.05. The van der Waals surface area contributed by atoms with Crippen LogP contribution in [-0.2, 0) is 9.53 Å². The van der Waals surface area contributed by atoms with Gasteiger partial charge in [0.15, 0.2) is 12.3 Å². The molecule has 0 radical (unpaired) electrons. The largest absolute Gasteiger partial charge is 0.390 e. The number of aliphatic hydroxyl groups is 4. The SMILES string of the molecule is C#CC1(O)C(N2C=CC(=O)NC2O)OC(F)(CO)C1O. The number of halogens is 1. The van der Waals surface area contributed by atoms with Crippen LogP contribution >= 0.6 is 0 Å². The first-order valence-corrected chi connectivity index (χ1v) is 5.58. The predicted molar refractivity (Wildman–Crippen MR) is 60.7 cm³/mol. The minimum Gasteiger partial charge on any atom is -0.390 e. The first kappa shape index (κ1) is 14.7. The fourth-order valence-electron chi connectivity index (χ4n) is 2.06. The molecule has 2 heterocycles. The van der Waals surface area contributed by atoms with Gasteiger partial charge < -0.3 is 35.4 Å². The van der Waals surface area contributed by atoms with Crippen molar-refractivity contribution in [1.82, 2.24) is 10.2 Å². The molecule has 8 nitrogen and oxygen atoms in total. The molecule has 0 aliphatic carbocycles. The summed E-state index contributed by atoms with van der Waals surface area (Å²) in [4.78, 5) is 11.8. The van der Waals surface area contributed by atoms with Crippen LogP contribution < -0.4 is 5.32 Å². The van der Waals surface area contributed by atoms with Gasteiger partial charge in [-0.2, -0.15) is 0 Å². The Balaban J connectivity index is 2.39. The molecule has 0 bridgehead atoms. The normalized spacial score (nSPS) is 44.3. The zero-order valence-corrected chi connectivity index (χ0v) is 10.1. The Morgan fingerprint density at radius 2 is 2.25 bits per heavy atom. The molecule has 1 fully saturated rings. The van der Waals surface area contributed by atoms with E-state index in [1.807, 2.05) is 0 Å². The lowest BCUT2D eigenvalue weighted by Gasteiger charge is -2.38. The van der Waals surface area contributed by atoms with Gasteiger partial charge in [-0.25, -0.2) is 4.39 Å². The highest BCUT2D eigenvalue weighted by Crippen LogP contribution is 2.41. The molecule has 0 spiro atoms. The maximum Gasteiger partial charge on any atom is 0.264 e. The van der Waals surface area contributed by atoms with Crippen molar-refractivity contribution in [3.8, 4) is 12.3 Å². The van der Waals surface area contributed by atoms with Crippen molar-refractivity contribution in [3.63, 3.8) is 0 Å². The van der Waals surface area contributed by atoms with Crippen molar-refractivity contribution in [2.45, 2.75) is 30.1 Å². The number of hydrogen-bond donors (Lipinski definition) is 5. The molecule has 2 rings (SSSR count). The molecule has 9 heteroatoms. The van der Waals surface area contributed by atoms with Crippen LogP contribution in [0.3, 0.4) is 0 Å². The monoisotopic (exact) mass is 288 g/mol. The highest BCUT2D eigenvalue weighted by atomic mass is 19.2. The summed E-state index contributed by atoms with van der Waals surface area (Å²) in [7, 11) is 0. The van der Waals surface area contributed by atoms with Gasteiger partial charge in [0.05, 0.1) is 0 Å². The molecule has 2 aliphatic heterocycles. The van der Waals surface area contributed by atoms with Crippen LogP contribution in [0.5, 0.6) is 0 Å². The van der Waals surface area contributed by atoms with E-state index in [1.165, 1.54) is 0 Å². The molecule has 0 aromatic heterocycles. The summed E-state index contributed by atoms with van der Waals surface area (Å²) in [5.74, 6) is -1.83. The van der Waals surface area contributed by atoms with Gasteiger partial charge in [-0.05, 0) is 0 Å². The van der Waals surface area contributed by atoms with Crippen molar-refractivity contribution in [2.75, 3.05) is 6.61 Å². The lowest BCUT2D eigenvalue weighted by atomic mass is 9.93. The van der Waals surface area contributed by atoms with Gasteiger partial charge in [0.1, 0.15) is 6.61 Å². The fourth-order valence-corrected chi connectivity index (χ4v) is 2.06. The second-order valence-electron chi connectivity index (χ2n) is 4.43. The Labute approximate surface area is 113 Å². The van der Waals surface area contributed by atoms with Crippen LogP contribution in [0.25, 0.3) is 0 Å². The molecule has 0 aromatic carbocycles. The number of ether oxygens (including phenoxy) is 1. The van der Waals surface area contributed by atoms with Crippen LogP contribution in [0.4, 0.5) is 4.39 Å². The third kappa shape index (κ3) is 1.94. The standard InChI is InChI=1S/C11H13FN2O6/c1-2-10(19)7(17)11(12,5-15)20-8(10)14-4-3-6(16)13-9(14)18/h1,3-4,7-9,15,17-19H,5H2,(H,13,16). The Bertz CT molecular complexity index is 494. The highest BCUT2D eigenvalue weighted by molar-refractivity contribution is 5.88. The second-order valence-corrected chi connectivity index (χ2v) is 4.43. The van der Waals surface area contributed by atoms with Crippen molar-refractivity contribution in [1.29, 1.82) is 0 Å². The van der Waals surface area contributed by atoms with Crippen molar-refractivity contribution in [2.24, 2.45) is 0 Å². The molecule has 110 valence electrons. The summed E-state index contributed by atoms with van der Waals surface area (Å²) < 4.78 is 18.9. The van der Waals surface area contributed by atoms with Crippen LogP contribution in [-0.4, -0.2) is 68.0 Å². The zero-order valence-electron chi connectivity index (χ0n) is 10.1. The molecule has 0 saturated carbocycles. The number of rotatable bonds is 2. The molecule has 5 atom stereocenters. The van der Waals surface area contributed by atoms with E-state index in [2.05, 4.69) is 5.32 Å². The van der Waals surface area contributed by atoms with E-state index in [-0.39, 0.29) is 0 Å². The summed E-state index contributed by atoms with van der Waals surface area (Å²) >= 11 is 0. The lowest BCUT2D eigenvalue weighted by molar-refractivity contribution is -0.227. The number of amides is 1. The number of aliphatic hydroxyl groups excluding tert-OH is 3. The zero-order chi connectivity index (χ0) is 15.1. The summed E-state index contributed by atoms with van der Waals surface area (Å²) in [6.07, 6.45) is 1.49. The van der Waals surface area contributed by atoms with Crippen LogP contribution in [0.15, 0.2) is 12.3 Å². The van der Waals surface area contributed by atoms with Gasteiger partial charge in [-0.3, -0.25) is 4.79 Å². The maximum atomic E-state index is 14.1. The van der Waals surface area contributed by atoms with Gasteiger partial charge >= 0.3 is 0 Å². The summed E-state index contributed by atoms with van der Waals surface area (Å²) in [5, 5.41) is 40.6. The van der Waals surface area contributed by atoms with Crippen molar-refractivity contribution < 1.29 is 34.3 Å². The number of carbonyl (C=O) groups excluding carboxylic acids is 1. The minimum absolute atomic E-state index is 0.620. The third-order valence-electron chi connectivity index (χ3n) is 3.18. The van der Waals surface area contributed by atoms with E-state index < -0.39 is 42.7 Å². The topological polar surface area (TPSA) is 122 Å². The van der Waals surface area contributed by atoms with E-state index in [9.17, 15) is 24.5 Å². The van der Waals surface area contributed by atoms with Gasteiger partial charge in [-0.1, -0.05) is 5.92 Å². The molecule has 5 unspecified atom stereocenters. The van der Waals surface area contributed by atoms with Crippen molar-refractivity contribution >= 4 is 5.91 Å². The fraction of sp³-hybridized carbons (Fsp3) is 0.545. The van der Waals surface area contributed by atoms with Crippen molar-refractivity contribution in [3.05, 3.63) is 12.3 Å². The molecule has 20 heavy (non-hydrogen) atoms. The maximum absolute atomic E-state index is 14.1. The van der Waals surface area contributed by atoms with E-state index in [0.717, 1.165) is 17.2 Å². The number of nitrogens with zero attached hydrogens (tertiary/aromatic N) is 1. The number of terminal acetylenes is 1. The van der Waals surface area contributed by atoms with E-state index in [1.54, 1.807) is 5.92 Å². The summed E-state index contributed by atoms with van der Waals surface area (Å²) in [6, 6.07) is 0. The Morgan fingerprint density at radius 3 is 2.75 bits per heavy atom. The van der Waals surface area contributed by atoms with Gasteiger partial charge in [-0.15, -0.1) is 6.42 Å². The molecule has 1 saturated heterocycles. The molecule has 1 amide bonds. The number of nitrogens with one attached hydrogen (secondary N) is 1. The number of hydrogen-bond acceptors (Lipinski definition) is 7. The minimum atomic E-state index is -3.00. The summed E-state index contributed by atoms with van der Waals surface area (Å²) in [6.45, 7) is -1.26. The molecule has 0 aromatic rings. The van der Waals surface area contributed by atoms with Gasteiger partial charge in [0.25, 0.3) is 5.85 Å².